The van der Waals surface area contributed by atoms with E-state index < -0.39 is 71.8 Å². The van der Waals surface area contributed by atoms with E-state index in [1.165, 1.54) is 27.7 Å². The molecular weight excluding hydrogens is 512 g/mol. The number of esters is 4. The van der Waals surface area contributed by atoms with Crippen molar-refractivity contribution in [2.75, 3.05) is 27.3 Å². The summed E-state index contributed by atoms with van der Waals surface area (Å²) in [5.74, 6) is -7.68. The van der Waals surface area contributed by atoms with Crippen LogP contribution in [0.3, 0.4) is 0 Å². The van der Waals surface area contributed by atoms with Crippen LogP contribution >= 0.6 is 0 Å². The standard InChI is InChI=1S/C22H34N4O12/c1-11(19(31)37-13(3)21(33)35-5)25-17(29)15(27)23-9-7-8-10-24-16(28)18(30)26-12(2)20(32)38-14(4)22(34)36-6/h11-14H,7-10H2,1-6H3,(H,23,27)(H,24,28)(H,25,29)(H,26,30). The molecule has 0 saturated carbocycles. The number of rotatable bonds is 13. The molecule has 0 aliphatic heterocycles. The first kappa shape index (κ1) is 33.8. The van der Waals surface area contributed by atoms with Crippen LogP contribution in [0, 0.1) is 0 Å². The zero-order valence-electron chi connectivity index (χ0n) is 22.0. The number of nitrogens with one attached hydrogen (secondary N) is 4. The first-order valence-electron chi connectivity index (χ1n) is 11.5. The normalized spacial score (nSPS) is 13.3. The third-order valence-corrected chi connectivity index (χ3v) is 4.64. The molecule has 0 bridgehead atoms. The molecule has 0 saturated heterocycles. The number of hydrogen-bond acceptors (Lipinski definition) is 12. The van der Waals surface area contributed by atoms with E-state index in [1.807, 2.05) is 0 Å². The minimum absolute atomic E-state index is 0.0494. The average Bonchev–Trinajstić information content (AvgIpc) is 2.88. The second-order valence-corrected chi connectivity index (χ2v) is 7.81. The van der Waals surface area contributed by atoms with Gasteiger partial charge in [-0.3, -0.25) is 19.2 Å². The zero-order valence-corrected chi connectivity index (χ0v) is 22.0. The van der Waals surface area contributed by atoms with Crippen LogP contribution in [0.1, 0.15) is 40.5 Å². The number of carbonyl (C=O) groups excluding carboxylic acids is 8. The SMILES string of the molecule is COC(=O)C(C)OC(=O)C(C)NC(=O)C(=O)NCCCCNC(=O)C(=O)NC(C)C(=O)OC(C)C(=O)OC. The summed E-state index contributed by atoms with van der Waals surface area (Å²) in [4.78, 5) is 93.7. The highest BCUT2D eigenvalue weighted by Crippen LogP contribution is 1.99. The maximum Gasteiger partial charge on any atom is 0.346 e. The van der Waals surface area contributed by atoms with Crippen LogP contribution in [0.2, 0.25) is 0 Å². The molecule has 16 heteroatoms. The Labute approximate surface area is 218 Å². The maximum absolute atomic E-state index is 11.9. The Hall–Kier alpha value is -4.24. The molecule has 4 N–H and O–H groups in total. The van der Waals surface area contributed by atoms with Crippen molar-refractivity contribution in [2.24, 2.45) is 0 Å². The molecule has 16 nitrogen and oxygen atoms in total. The first-order chi connectivity index (χ1) is 17.7. The number of carbonyl (C=O) groups is 8. The predicted molar refractivity (Wildman–Crippen MR) is 126 cm³/mol. The van der Waals surface area contributed by atoms with Crippen molar-refractivity contribution in [3.05, 3.63) is 0 Å². The number of ether oxygens (including phenoxy) is 4. The van der Waals surface area contributed by atoms with Gasteiger partial charge in [0.25, 0.3) is 0 Å². The van der Waals surface area contributed by atoms with Gasteiger partial charge >= 0.3 is 47.5 Å². The van der Waals surface area contributed by atoms with Crippen molar-refractivity contribution in [1.29, 1.82) is 0 Å². The largest absolute Gasteiger partial charge is 0.466 e. The Morgan fingerprint density at radius 2 is 0.842 bits per heavy atom. The van der Waals surface area contributed by atoms with E-state index in [9.17, 15) is 38.4 Å². The van der Waals surface area contributed by atoms with E-state index in [1.54, 1.807) is 0 Å². The van der Waals surface area contributed by atoms with Crippen molar-refractivity contribution in [3.8, 4) is 0 Å². The fourth-order valence-electron chi connectivity index (χ4n) is 2.44. The Morgan fingerprint density at radius 3 is 1.13 bits per heavy atom. The molecule has 0 fully saturated rings. The Morgan fingerprint density at radius 1 is 0.526 bits per heavy atom. The van der Waals surface area contributed by atoms with Crippen LogP contribution < -0.4 is 21.3 Å². The molecule has 38 heavy (non-hydrogen) atoms. The van der Waals surface area contributed by atoms with E-state index in [0.29, 0.717) is 12.8 Å². The van der Waals surface area contributed by atoms with Gasteiger partial charge in [0.15, 0.2) is 12.2 Å². The van der Waals surface area contributed by atoms with E-state index in [-0.39, 0.29) is 13.1 Å². The Balaban J connectivity index is 4.22. The predicted octanol–water partition coefficient (Wildman–Crippen LogP) is -2.78. The molecule has 0 aliphatic rings. The maximum atomic E-state index is 11.9. The van der Waals surface area contributed by atoms with Gasteiger partial charge < -0.3 is 40.2 Å². The van der Waals surface area contributed by atoms with Crippen molar-refractivity contribution in [3.63, 3.8) is 0 Å². The van der Waals surface area contributed by atoms with Gasteiger partial charge in [0, 0.05) is 13.1 Å². The Kier molecular flexibility index (Phi) is 15.3. The highest BCUT2D eigenvalue weighted by molar-refractivity contribution is 6.35. The molecule has 214 valence electrons. The summed E-state index contributed by atoms with van der Waals surface area (Å²) in [6, 6.07) is -2.41. The molecule has 0 rings (SSSR count). The number of unbranched alkanes of at least 4 members (excludes halogenated alkanes) is 1. The van der Waals surface area contributed by atoms with Crippen LogP contribution in [-0.2, 0) is 57.3 Å². The summed E-state index contributed by atoms with van der Waals surface area (Å²) < 4.78 is 18.4. The fraction of sp³-hybridized carbons (Fsp3) is 0.636. The molecule has 4 atom stereocenters. The summed E-state index contributed by atoms with van der Waals surface area (Å²) in [5, 5.41) is 8.89. The van der Waals surface area contributed by atoms with Crippen molar-refractivity contribution in [2.45, 2.75) is 64.8 Å². The van der Waals surface area contributed by atoms with Gasteiger partial charge in [-0.05, 0) is 40.5 Å². The molecule has 0 aromatic carbocycles. The minimum atomic E-state index is -1.21. The lowest BCUT2D eigenvalue weighted by molar-refractivity contribution is -0.166. The summed E-state index contributed by atoms with van der Waals surface area (Å²) in [6.07, 6.45) is -1.73. The molecule has 0 radical (unpaired) electrons. The van der Waals surface area contributed by atoms with Crippen LogP contribution in [0.25, 0.3) is 0 Å². The van der Waals surface area contributed by atoms with Gasteiger partial charge in [0.2, 0.25) is 0 Å². The summed E-state index contributed by atoms with van der Waals surface area (Å²) in [5.41, 5.74) is 0. The smallest absolute Gasteiger partial charge is 0.346 e. The highest BCUT2D eigenvalue weighted by atomic mass is 16.6. The molecule has 4 amide bonds. The van der Waals surface area contributed by atoms with E-state index in [2.05, 4.69) is 30.7 Å². The fourth-order valence-corrected chi connectivity index (χ4v) is 2.44. The lowest BCUT2D eigenvalue weighted by Gasteiger charge is -2.16. The lowest BCUT2D eigenvalue weighted by atomic mass is 10.3. The Bertz CT molecular complexity index is 835. The number of methoxy groups -OCH3 is 2. The zero-order chi connectivity index (χ0) is 29.4. The molecule has 0 aliphatic carbocycles. The molecule has 0 aromatic rings. The van der Waals surface area contributed by atoms with Crippen LogP contribution in [-0.4, -0.2) is 99.1 Å². The lowest BCUT2D eigenvalue weighted by Crippen LogP contribution is -2.48. The van der Waals surface area contributed by atoms with E-state index in [0.717, 1.165) is 14.2 Å². The van der Waals surface area contributed by atoms with Gasteiger partial charge in [-0.2, -0.15) is 0 Å². The van der Waals surface area contributed by atoms with Crippen molar-refractivity contribution >= 4 is 47.5 Å². The average molecular weight is 547 g/mol. The molecule has 0 aromatic heterocycles. The summed E-state index contributed by atoms with van der Waals surface area (Å²) in [6.45, 7) is 5.20. The van der Waals surface area contributed by atoms with Gasteiger partial charge in [-0.1, -0.05) is 0 Å². The summed E-state index contributed by atoms with van der Waals surface area (Å²) >= 11 is 0. The van der Waals surface area contributed by atoms with E-state index >= 15 is 0 Å². The minimum Gasteiger partial charge on any atom is -0.466 e. The molecular formula is C22H34N4O12. The van der Waals surface area contributed by atoms with Crippen molar-refractivity contribution < 1.29 is 57.3 Å². The van der Waals surface area contributed by atoms with Crippen molar-refractivity contribution in [1.82, 2.24) is 21.3 Å². The summed E-state index contributed by atoms with van der Waals surface area (Å²) in [7, 11) is 2.23. The first-order valence-corrected chi connectivity index (χ1v) is 11.5. The topological polar surface area (TPSA) is 222 Å². The molecule has 0 heterocycles. The van der Waals surface area contributed by atoms with Gasteiger partial charge in [0.1, 0.15) is 12.1 Å². The molecule has 0 spiro atoms. The van der Waals surface area contributed by atoms with Crippen LogP contribution in [0.5, 0.6) is 0 Å². The molecule has 4 unspecified atom stereocenters. The number of hydrogen-bond donors (Lipinski definition) is 4. The third-order valence-electron chi connectivity index (χ3n) is 4.64. The van der Waals surface area contributed by atoms with Gasteiger partial charge in [-0.15, -0.1) is 0 Å². The number of amides is 4. The van der Waals surface area contributed by atoms with Gasteiger partial charge in [-0.25, -0.2) is 19.2 Å². The monoisotopic (exact) mass is 546 g/mol. The third kappa shape index (κ3) is 12.6. The second-order valence-electron chi connectivity index (χ2n) is 7.81. The van der Waals surface area contributed by atoms with Crippen LogP contribution in [0.15, 0.2) is 0 Å². The quantitative estimate of drug-likeness (QED) is 0.0797. The second kappa shape index (κ2) is 17.3. The van der Waals surface area contributed by atoms with Crippen LogP contribution in [0.4, 0.5) is 0 Å². The van der Waals surface area contributed by atoms with Gasteiger partial charge in [0.05, 0.1) is 14.2 Å². The highest BCUT2D eigenvalue weighted by Gasteiger charge is 2.26. The van der Waals surface area contributed by atoms with E-state index in [4.69, 9.17) is 9.47 Å².